The van der Waals surface area contributed by atoms with Gasteiger partial charge in [-0.2, -0.15) is 0 Å². The van der Waals surface area contributed by atoms with E-state index >= 15 is 0 Å². The van der Waals surface area contributed by atoms with Gasteiger partial charge in [-0.3, -0.25) is 9.59 Å². The lowest BCUT2D eigenvalue weighted by Gasteiger charge is -2.28. The Morgan fingerprint density at radius 2 is 1.76 bits per heavy atom. The molecule has 0 radical (unpaired) electrons. The topological polar surface area (TPSA) is 58.6 Å². The van der Waals surface area contributed by atoms with E-state index in [9.17, 15) is 9.59 Å². The lowest BCUT2D eigenvalue weighted by atomic mass is 9.90. The second-order valence-corrected chi connectivity index (χ2v) is 6.64. The number of hydrogen-bond acceptors (Lipinski definition) is 3. The van der Waals surface area contributed by atoms with Crippen LogP contribution in [0.3, 0.4) is 0 Å². The zero-order valence-corrected chi connectivity index (χ0v) is 14.7. The first kappa shape index (κ1) is 17.0. The number of anilines is 2. The van der Waals surface area contributed by atoms with E-state index in [2.05, 4.69) is 5.32 Å². The Balaban J connectivity index is 1.76. The third-order valence-corrected chi connectivity index (χ3v) is 4.58. The molecule has 3 rings (SSSR count). The second-order valence-electron chi connectivity index (χ2n) is 6.64. The summed E-state index contributed by atoms with van der Waals surface area (Å²) in [5.74, 6) is 0.192. The zero-order valence-electron chi connectivity index (χ0n) is 14.7. The number of fused-ring (bicyclic) bond motifs is 1. The maximum absolute atomic E-state index is 13.0. The summed E-state index contributed by atoms with van der Waals surface area (Å²) in [7, 11) is 1.59. The van der Waals surface area contributed by atoms with E-state index < -0.39 is 5.41 Å². The highest BCUT2D eigenvalue weighted by Gasteiger charge is 2.41. The van der Waals surface area contributed by atoms with E-state index in [1.54, 1.807) is 50.1 Å². The molecule has 0 fully saturated rings. The van der Waals surface area contributed by atoms with Crippen LogP contribution in [0.4, 0.5) is 11.4 Å². The summed E-state index contributed by atoms with van der Waals surface area (Å²) in [4.78, 5) is 27.4. The molecule has 0 spiro atoms. The smallest absolute Gasteiger partial charge is 0.242 e. The Morgan fingerprint density at radius 1 is 1.08 bits per heavy atom. The number of rotatable bonds is 4. The molecule has 0 saturated heterocycles. The van der Waals surface area contributed by atoms with Crippen LogP contribution in [0, 0.1) is 5.41 Å². The van der Waals surface area contributed by atoms with Crippen LogP contribution in [0.15, 0.2) is 48.5 Å². The van der Waals surface area contributed by atoms with E-state index in [4.69, 9.17) is 4.74 Å². The number of carbonyl (C=O) groups is 2. The van der Waals surface area contributed by atoms with E-state index in [1.807, 2.05) is 24.3 Å². The van der Waals surface area contributed by atoms with Crippen LogP contribution in [0.2, 0.25) is 0 Å². The number of benzene rings is 2. The second kappa shape index (κ2) is 6.59. The number of nitrogens with zero attached hydrogens (tertiary/aromatic N) is 1. The summed E-state index contributed by atoms with van der Waals surface area (Å²) in [6, 6.07) is 14.9. The maximum atomic E-state index is 13.0. The molecular formula is C20H22N2O3. The molecule has 1 aliphatic rings. The van der Waals surface area contributed by atoms with Crippen LogP contribution in [0.5, 0.6) is 5.75 Å². The Hall–Kier alpha value is -2.82. The lowest BCUT2D eigenvalue weighted by Crippen LogP contribution is -2.47. The van der Waals surface area contributed by atoms with Gasteiger partial charge in [-0.15, -0.1) is 0 Å². The summed E-state index contributed by atoms with van der Waals surface area (Å²) in [6.07, 6.45) is 0.818. The predicted molar refractivity (Wildman–Crippen MR) is 97.9 cm³/mol. The van der Waals surface area contributed by atoms with Gasteiger partial charge in [-0.05, 0) is 56.2 Å². The summed E-state index contributed by atoms with van der Waals surface area (Å²) >= 11 is 0. The number of hydrogen-bond donors (Lipinski definition) is 1. The van der Waals surface area contributed by atoms with Crippen molar-refractivity contribution >= 4 is 23.2 Å². The van der Waals surface area contributed by atoms with Crippen LogP contribution < -0.4 is 15.0 Å². The molecule has 0 aromatic heterocycles. The van der Waals surface area contributed by atoms with Crippen LogP contribution >= 0.6 is 0 Å². The SMILES string of the molecule is COc1ccc(NC(=O)C(C)(C)C(=O)N2CCc3ccccc32)cc1. The third-order valence-electron chi connectivity index (χ3n) is 4.58. The molecule has 0 atom stereocenters. The van der Waals surface area contributed by atoms with Gasteiger partial charge in [0, 0.05) is 17.9 Å². The summed E-state index contributed by atoms with van der Waals surface area (Å²) in [6.45, 7) is 3.93. The minimum Gasteiger partial charge on any atom is -0.497 e. The van der Waals surface area contributed by atoms with Crippen molar-refractivity contribution in [2.45, 2.75) is 20.3 Å². The van der Waals surface area contributed by atoms with Gasteiger partial charge < -0.3 is 15.0 Å². The molecule has 1 heterocycles. The summed E-state index contributed by atoms with van der Waals surface area (Å²) in [5, 5.41) is 2.82. The molecule has 5 heteroatoms. The monoisotopic (exact) mass is 338 g/mol. The third kappa shape index (κ3) is 3.22. The van der Waals surface area contributed by atoms with Crippen molar-refractivity contribution in [3.63, 3.8) is 0 Å². The molecular weight excluding hydrogens is 316 g/mol. The average molecular weight is 338 g/mol. The molecule has 1 N–H and O–H groups in total. The number of ether oxygens (including phenoxy) is 1. The van der Waals surface area contributed by atoms with Crippen LogP contribution in [0.1, 0.15) is 19.4 Å². The average Bonchev–Trinajstić information content (AvgIpc) is 3.05. The van der Waals surface area contributed by atoms with Crippen LogP contribution in [0.25, 0.3) is 0 Å². The van der Waals surface area contributed by atoms with E-state index in [0.29, 0.717) is 18.0 Å². The van der Waals surface area contributed by atoms with Gasteiger partial charge in [-0.25, -0.2) is 0 Å². The maximum Gasteiger partial charge on any atom is 0.242 e. The fourth-order valence-electron chi connectivity index (χ4n) is 2.95. The molecule has 0 bridgehead atoms. The van der Waals surface area contributed by atoms with Crippen molar-refractivity contribution in [1.29, 1.82) is 0 Å². The lowest BCUT2D eigenvalue weighted by molar-refractivity contribution is -0.136. The Bertz CT molecular complexity index is 797. The summed E-state index contributed by atoms with van der Waals surface area (Å²) < 4.78 is 5.11. The van der Waals surface area contributed by atoms with Crippen molar-refractivity contribution in [2.75, 3.05) is 23.9 Å². The first-order valence-corrected chi connectivity index (χ1v) is 8.29. The predicted octanol–water partition coefficient (Wildman–Crippen LogP) is 3.25. The highest BCUT2D eigenvalue weighted by Crippen LogP contribution is 2.32. The number of nitrogens with one attached hydrogen (secondary N) is 1. The van der Waals surface area contributed by atoms with Gasteiger partial charge in [0.2, 0.25) is 11.8 Å². The van der Waals surface area contributed by atoms with Crippen molar-refractivity contribution in [2.24, 2.45) is 5.41 Å². The Morgan fingerprint density at radius 3 is 2.44 bits per heavy atom. The van der Waals surface area contributed by atoms with Gasteiger partial charge in [0.05, 0.1) is 7.11 Å². The largest absolute Gasteiger partial charge is 0.497 e. The highest BCUT2D eigenvalue weighted by molar-refractivity contribution is 6.15. The molecule has 2 amide bonds. The fourth-order valence-corrected chi connectivity index (χ4v) is 2.95. The van der Waals surface area contributed by atoms with Gasteiger partial charge >= 0.3 is 0 Å². The first-order valence-electron chi connectivity index (χ1n) is 8.29. The molecule has 5 nitrogen and oxygen atoms in total. The minimum atomic E-state index is -1.17. The number of carbonyl (C=O) groups excluding carboxylic acids is 2. The Kier molecular flexibility index (Phi) is 4.49. The molecule has 0 aliphatic carbocycles. The normalized spacial score (nSPS) is 13.3. The van der Waals surface area contributed by atoms with Crippen molar-refractivity contribution in [3.8, 4) is 5.75 Å². The van der Waals surface area contributed by atoms with Crippen molar-refractivity contribution < 1.29 is 14.3 Å². The molecule has 2 aromatic carbocycles. The van der Waals surface area contributed by atoms with Gasteiger partial charge in [0.1, 0.15) is 11.2 Å². The Labute approximate surface area is 147 Å². The number of methoxy groups -OCH3 is 1. The number of amides is 2. The van der Waals surface area contributed by atoms with Crippen molar-refractivity contribution in [1.82, 2.24) is 0 Å². The zero-order chi connectivity index (χ0) is 18.0. The molecule has 25 heavy (non-hydrogen) atoms. The van der Waals surface area contributed by atoms with Gasteiger partial charge in [-0.1, -0.05) is 18.2 Å². The van der Waals surface area contributed by atoms with E-state index in [1.165, 1.54) is 0 Å². The van der Waals surface area contributed by atoms with Gasteiger partial charge in [0.15, 0.2) is 0 Å². The van der Waals surface area contributed by atoms with Gasteiger partial charge in [0.25, 0.3) is 0 Å². The van der Waals surface area contributed by atoms with E-state index in [0.717, 1.165) is 17.7 Å². The summed E-state index contributed by atoms with van der Waals surface area (Å²) in [5.41, 5.74) is 1.51. The molecule has 130 valence electrons. The molecule has 1 aliphatic heterocycles. The molecule has 0 saturated carbocycles. The van der Waals surface area contributed by atoms with Crippen LogP contribution in [-0.4, -0.2) is 25.5 Å². The fraction of sp³-hybridized carbons (Fsp3) is 0.300. The van der Waals surface area contributed by atoms with Crippen LogP contribution in [-0.2, 0) is 16.0 Å². The molecule has 2 aromatic rings. The number of para-hydroxylation sites is 1. The molecule has 0 unspecified atom stereocenters. The standard InChI is InChI=1S/C20H22N2O3/c1-20(2,18(23)21-15-8-10-16(25-3)11-9-15)19(24)22-13-12-14-6-4-5-7-17(14)22/h4-11H,12-13H2,1-3H3,(H,21,23). The van der Waals surface area contributed by atoms with E-state index in [-0.39, 0.29) is 11.8 Å². The first-order chi connectivity index (χ1) is 11.9. The highest BCUT2D eigenvalue weighted by atomic mass is 16.5. The quantitative estimate of drug-likeness (QED) is 0.871. The minimum absolute atomic E-state index is 0.191. The van der Waals surface area contributed by atoms with Crippen molar-refractivity contribution in [3.05, 3.63) is 54.1 Å².